The first kappa shape index (κ1) is 18.7. The fourth-order valence-corrected chi connectivity index (χ4v) is 2.75. The summed E-state index contributed by atoms with van der Waals surface area (Å²) in [5.41, 5.74) is 1.55. The second-order valence-electron chi connectivity index (χ2n) is 5.88. The van der Waals surface area contributed by atoms with Gasteiger partial charge in [0.15, 0.2) is 5.78 Å². The highest BCUT2D eigenvalue weighted by Gasteiger charge is 2.31. The van der Waals surface area contributed by atoms with Gasteiger partial charge in [-0.1, -0.05) is 19.1 Å². The molecule has 0 saturated heterocycles. The molecule has 142 valence electrons. The number of amides is 1. The van der Waals surface area contributed by atoms with Gasteiger partial charge >= 0.3 is 6.36 Å². The van der Waals surface area contributed by atoms with Crippen molar-refractivity contribution in [1.82, 2.24) is 14.9 Å². The number of halogens is 3. The molecule has 0 aliphatic carbocycles. The Balaban J connectivity index is 1.70. The SMILES string of the molecule is CCc1nc2n(c1C(=O)NCc1ccc(OC(F)(F)F)cc1)C=CC(=O)C2. The largest absolute Gasteiger partial charge is 0.573 e. The lowest BCUT2D eigenvalue weighted by Crippen LogP contribution is -2.26. The van der Waals surface area contributed by atoms with Crippen LogP contribution >= 0.6 is 0 Å². The van der Waals surface area contributed by atoms with Crippen LogP contribution in [-0.2, 0) is 24.2 Å². The van der Waals surface area contributed by atoms with Crippen LogP contribution in [-0.4, -0.2) is 27.6 Å². The number of rotatable bonds is 5. The van der Waals surface area contributed by atoms with Gasteiger partial charge in [-0.05, 0) is 30.2 Å². The van der Waals surface area contributed by atoms with E-state index in [1.165, 1.54) is 36.5 Å². The van der Waals surface area contributed by atoms with Gasteiger partial charge in [-0.2, -0.15) is 0 Å². The molecule has 0 spiro atoms. The molecule has 0 atom stereocenters. The predicted octanol–water partition coefficient (Wildman–Crippen LogP) is 2.87. The highest BCUT2D eigenvalue weighted by Crippen LogP contribution is 2.23. The Morgan fingerprint density at radius 1 is 1.30 bits per heavy atom. The van der Waals surface area contributed by atoms with E-state index in [2.05, 4.69) is 15.0 Å². The number of ketones is 1. The first-order valence-electron chi connectivity index (χ1n) is 8.20. The van der Waals surface area contributed by atoms with E-state index in [-0.39, 0.29) is 30.4 Å². The summed E-state index contributed by atoms with van der Waals surface area (Å²) in [6.07, 6.45) is -1.18. The average Bonchev–Trinajstić information content (AvgIpc) is 2.97. The van der Waals surface area contributed by atoms with Gasteiger partial charge < -0.3 is 10.1 Å². The van der Waals surface area contributed by atoms with Crippen LogP contribution < -0.4 is 10.1 Å². The molecule has 2 aromatic rings. The number of nitrogens with zero attached hydrogens (tertiary/aromatic N) is 2. The molecule has 0 radical (unpaired) electrons. The van der Waals surface area contributed by atoms with E-state index >= 15 is 0 Å². The summed E-state index contributed by atoms with van der Waals surface area (Å²) in [4.78, 5) is 28.5. The van der Waals surface area contributed by atoms with Crippen molar-refractivity contribution in [3.63, 3.8) is 0 Å². The maximum atomic E-state index is 12.6. The highest BCUT2D eigenvalue weighted by atomic mass is 19.4. The fraction of sp³-hybridized carbons (Fsp3) is 0.278. The molecule has 1 N–H and O–H groups in total. The van der Waals surface area contributed by atoms with Crippen molar-refractivity contribution < 1.29 is 27.5 Å². The van der Waals surface area contributed by atoms with Crippen molar-refractivity contribution in [2.45, 2.75) is 32.7 Å². The minimum Gasteiger partial charge on any atom is -0.406 e. The van der Waals surface area contributed by atoms with E-state index < -0.39 is 6.36 Å². The number of aryl methyl sites for hydroxylation is 1. The van der Waals surface area contributed by atoms with Gasteiger partial charge in [0.25, 0.3) is 5.91 Å². The lowest BCUT2D eigenvalue weighted by atomic mass is 10.2. The molecule has 1 amide bonds. The minimum atomic E-state index is -4.75. The van der Waals surface area contributed by atoms with Gasteiger partial charge in [0, 0.05) is 12.7 Å². The zero-order chi connectivity index (χ0) is 19.6. The Hall–Kier alpha value is -3.10. The number of imidazole rings is 1. The molecule has 0 unspecified atom stereocenters. The summed E-state index contributed by atoms with van der Waals surface area (Å²) in [7, 11) is 0. The van der Waals surface area contributed by atoms with Crippen molar-refractivity contribution in [1.29, 1.82) is 0 Å². The normalized spacial score (nSPS) is 13.4. The Morgan fingerprint density at radius 3 is 2.63 bits per heavy atom. The zero-order valence-electron chi connectivity index (χ0n) is 14.3. The Labute approximate surface area is 152 Å². The number of hydrogen-bond donors (Lipinski definition) is 1. The highest BCUT2D eigenvalue weighted by molar-refractivity contribution is 5.98. The maximum Gasteiger partial charge on any atom is 0.573 e. The third-order valence-electron chi connectivity index (χ3n) is 3.96. The van der Waals surface area contributed by atoms with Crippen LogP contribution in [0.4, 0.5) is 13.2 Å². The number of nitrogens with one attached hydrogen (secondary N) is 1. The Bertz CT molecular complexity index is 899. The first-order valence-corrected chi connectivity index (χ1v) is 8.20. The molecule has 27 heavy (non-hydrogen) atoms. The first-order chi connectivity index (χ1) is 12.8. The number of ether oxygens (including phenoxy) is 1. The number of alkyl halides is 3. The molecule has 0 bridgehead atoms. The molecule has 0 saturated carbocycles. The molecule has 1 aromatic heterocycles. The summed E-state index contributed by atoms with van der Waals surface area (Å²) in [6, 6.07) is 5.24. The standard InChI is InChI=1S/C18H16F3N3O3/c1-2-14-16(24-8-7-12(25)9-15(24)23-14)17(26)22-10-11-3-5-13(6-4-11)27-18(19,20)21/h3-8H,2,9-10H2,1H3,(H,22,26). The second kappa shape index (κ2) is 7.26. The van der Waals surface area contributed by atoms with Crippen molar-refractivity contribution in [3.05, 3.63) is 53.1 Å². The second-order valence-corrected chi connectivity index (χ2v) is 5.88. The number of benzene rings is 1. The van der Waals surface area contributed by atoms with Crippen LogP contribution in [0.1, 0.15) is 34.5 Å². The van der Waals surface area contributed by atoms with Crippen LogP contribution in [0.15, 0.2) is 30.3 Å². The van der Waals surface area contributed by atoms with E-state index in [0.717, 1.165) is 0 Å². The minimum absolute atomic E-state index is 0.0803. The predicted molar refractivity (Wildman–Crippen MR) is 89.9 cm³/mol. The van der Waals surface area contributed by atoms with Crippen LogP contribution in [0.3, 0.4) is 0 Å². The zero-order valence-corrected chi connectivity index (χ0v) is 14.3. The molecule has 1 aliphatic heterocycles. The monoisotopic (exact) mass is 379 g/mol. The van der Waals surface area contributed by atoms with E-state index in [4.69, 9.17) is 0 Å². The third kappa shape index (κ3) is 4.36. The number of fused-ring (bicyclic) bond motifs is 1. The molecule has 3 rings (SSSR count). The molecule has 2 heterocycles. The van der Waals surface area contributed by atoms with Crippen molar-refractivity contribution >= 4 is 17.9 Å². The molecule has 9 heteroatoms. The van der Waals surface area contributed by atoms with Crippen molar-refractivity contribution in [2.75, 3.05) is 0 Å². The molecule has 6 nitrogen and oxygen atoms in total. The molecular formula is C18H16F3N3O3. The topological polar surface area (TPSA) is 73.2 Å². The summed E-state index contributed by atoms with van der Waals surface area (Å²) in [6.45, 7) is 1.98. The van der Waals surface area contributed by atoms with Crippen LogP contribution in [0.5, 0.6) is 5.75 Å². The van der Waals surface area contributed by atoms with Gasteiger partial charge in [0.05, 0.1) is 12.1 Å². The summed E-state index contributed by atoms with van der Waals surface area (Å²) >= 11 is 0. The number of aromatic nitrogens is 2. The van der Waals surface area contributed by atoms with Crippen molar-refractivity contribution in [2.24, 2.45) is 0 Å². The lowest BCUT2D eigenvalue weighted by molar-refractivity contribution is -0.274. The maximum absolute atomic E-state index is 12.6. The van der Waals surface area contributed by atoms with E-state index in [1.807, 2.05) is 6.92 Å². The van der Waals surface area contributed by atoms with Crippen LogP contribution in [0.2, 0.25) is 0 Å². The van der Waals surface area contributed by atoms with Gasteiger partial charge in [0.2, 0.25) is 0 Å². The number of allylic oxidation sites excluding steroid dienone is 1. The molecular weight excluding hydrogens is 363 g/mol. The molecule has 1 aliphatic rings. The molecule has 0 fully saturated rings. The quantitative estimate of drug-likeness (QED) is 0.867. The summed E-state index contributed by atoms with van der Waals surface area (Å²) in [5, 5.41) is 2.72. The van der Waals surface area contributed by atoms with Crippen LogP contribution in [0, 0.1) is 0 Å². The van der Waals surface area contributed by atoms with Gasteiger partial charge in [-0.25, -0.2) is 4.98 Å². The Morgan fingerprint density at radius 2 is 2.00 bits per heavy atom. The fourth-order valence-electron chi connectivity index (χ4n) is 2.75. The van der Waals surface area contributed by atoms with E-state index in [1.54, 1.807) is 4.57 Å². The molecule has 1 aromatic carbocycles. The van der Waals surface area contributed by atoms with Gasteiger partial charge in [-0.15, -0.1) is 13.2 Å². The average molecular weight is 379 g/mol. The smallest absolute Gasteiger partial charge is 0.406 e. The third-order valence-corrected chi connectivity index (χ3v) is 3.96. The van der Waals surface area contributed by atoms with E-state index in [0.29, 0.717) is 29.2 Å². The summed E-state index contributed by atoms with van der Waals surface area (Å²) in [5.74, 6) is -0.271. The van der Waals surface area contributed by atoms with Gasteiger partial charge in [0.1, 0.15) is 17.3 Å². The number of carbonyl (C=O) groups excluding carboxylic acids is 2. The number of carbonyl (C=O) groups is 2. The lowest BCUT2D eigenvalue weighted by Gasteiger charge is -2.12. The Kier molecular flexibility index (Phi) is 5.02. The summed E-state index contributed by atoms with van der Waals surface area (Å²) < 4.78 is 41.9. The van der Waals surface area contributed by atoms with Crippen molar-refractivity contribution in [3.8, 4) is 5.75 Å². The van der Waals surface area contributed by atoms with Crippen LogP contribution in [0.25, 0.3) is 6.20 Å². The van der Waals surface area contributed by atoms with Gasteiger partial charge in [-0.3, -0.25) is 14.2 Å². The number of hydrogen-bond acceptors (Lipinski definition) is 4. The van der Waals surface area contributed by atoms with E-state index in [9.17, 15) is 22.8 Å².